The van der Waals surface area contributed by atoms with E-state index < -0.39 is 12.6 Å². The minimum absolute atomic E-state index is 0.184. The fourth-order valence-electron chi connectivity index (χ4n) is 4.33. The van der Waals surface area contributed by atoms with E-state index in [2.05, 4.69) is 18.9 Å². The molecule has 3 aromatic carbocycles. The fourth-order valence-corrected chi connectivity index (χ4v) is 4.33. The second-order valence-corrected chi connectivity index (χ2v) is 9.43. The summed E-state index contributed by atoms with van der Waals surface area (Å²) in [6, 6.07) is 16.2. The molecule has 0 amide bonds. The molecule has 0 aliphatic rings. The van der Waals surface area contributed by atoms with Crippen molar-refractivity contribution in [3.8, 4) is 28.6 Å². The molecule has 9 nitrogen and oxygen atoms in total. The molecule has 1 aromatic heterocycles. The number of ether oxygens (including phenoxy) is 3. The van der Waals surface area contributed by atoms with Crippen LogP contribution in [0.15, 0.2) is 64.5 Å². The zero-order valence-corrected chi connectivity index (χ0v) is 23.3. The van der Waals surface area contributed by atoms with E-state index in [-0.39, 0.29) is 11.5 Å². The quantitative estimate of drug-likeness (QED) is 0.244. The Hall–Kier alpha value is -4.66. The molecule has 4 aromatic rings. The fraction of sp³-hybridized carbons (Fsp3) is 0.290. The number of hydrogen-bond donors (Lipinski definition) is 1. The summed E-state index contributed by atoms with van der Waals surface area (Å²) in [6.45, 7) is 10.3. The van der Waals surface area contributed by atoms with Crippen LogP contribution in [-0.2, 0) is 4.79 Å². The van der Waals surface area contributed by atoms with Gasteiger partial charge in [0.2, 0.25) is 0 Å². The average molecular weight is 544 g/mol. The Kier molecular flexibility index (Phi) is 8.83. The minimum Gasteiger partial charge on any atom is -0.494 e. The van der Waals surface area contributed by atoms with Crippen LogP contribution >= 0.6 is 0 Å². The van der Waals surface area contributed by atoms with Gasteiger partial charge in [0.25, 0.3) is 5.56 Å². The van der Waals surface area contributed by atoms with Crippen LogP contribution in [0.1, 0.15) is 50.3 Å². The van der Waals surface area contributed by atoms with Crippen LogP contribution in [0, 0.1) is 6.92 Å². The van der Waals surface area contributed by atoms with E-state index in [1.807, 2.05) is 45.0 Å². The van der Waals surface area contributed by atoms with Crippen LogP contribution in [0.2, 0.25) is 0 Å². The highest BCUT2D eigenvalue weighted by Gasteiger charge is 2.18. The second kappa shape index (κ2) is 12.5. The van der Waals surface area contributed by atoms with Crippen molar-refractivity contribution in [1.29, 1.82) is 0 Å². The van der Waals surface area contributed by atoms with Gasteiger partial charge in [-0.05, 0) is 85.8 Å². The summed E-state index contributed by atoms with van der Waals surface area (Å²) < 4.78 is 18.2. The summed E-state index contributed by atoms with van der Waals surface area (Å²) in [6.07, 6.45) is 1.54. The zero-order valence-electron chi connectivity index (χ0n) is 23.3. The number of fused-ring (bicyclic) bond motifs is 1. The molecule has 1 N–H and O–H groups in total. The lowest BCUT2D eigenvalue weighted by Gasteiger charge is -2.18. The first kappa shape index (κ1) is 28.4. The molecule has 0 fully saturated rings. The molecule has 0 atom stereocenters. The highest BCUT2D eigenvalue weighted by atomic mass is 16.5. The SMILES string of the molecule is CCOc1cc(C=Nn2c(-c3cc(C(C)C)c(OCC)cc3C)nc3ccccc3c2=O)ccc1OCC(=O)O. The predicted octanol–water partition coefficient (Wildman–Crippen LogP) is 5.64. The Morgan fingerprint density at radius 2 is 1.73 bits per heavy atom. The molecule has 4 rings (SSSR count). The van der Waals surface area contributed by atoms with Crippen molar-refractivity contribution in [2.45, 2.75) is 40.5 Å². The second-order valence-electron chi connectivity index (χ2n) is 9.43. The van der Waals surface area contributed by atoms with Gasteiger partial charge in [-0.3, -0.25) is 4.79 Å². The number of hydrogen-bond acceptors (Lipinski definition) is 7. The Labute approximate surface area is 232 Å². The van der Waals surface area contributed by atoms with E-state index >= 15 is 0 Å². The van der Waals surface area contributed by atoms with Crippen LogP contribution in [0.3, 0.4) is 0 Å². The smallest absolute Gasteiger partial charge is 0.341 e. The van der Waals surface area contributed by atoms with Gasteiger partial charge in [-0.25, -0.2) is 9.78 Å². The first-order valence-electron chi connectivity index (χ1n) is 13.2. The monoisotopic (exact) mass is 543 g/mol. The van der Waals surface area contributed by atoms with Gasteiger partial charge in [-0.15, -0.1) is 0 Å². The summed E-state index contributed by atoms with van der Waals surface area (Å²) in [5.74, 6) is 0.996. The lowest BCUT2D eigenvalue weighted by atomic mass is 9.96. The molecule has 208 valence electrons. The summed E-state index contributed by atoms with van der Waals surface area (Å²) in [7, 11) is 0. The minimum atomic E-state index is -1.09. The number of para-hydroxylation sites is 1. The normalized spacial score (nSPS) is 11.3. The molecular weight excluding hydrogens is 510 g/mol. The molecule has 0 aliphatic carbocycles. The summed E-state index contributed by atoms with van der Waals surface area (Å²) in [5, 5.41) is 14.0. The lowest BCUT2D eigenvalue weighted by molar-refractivity contribution is -0.139. The molecule has 40 heavy (non-hydrogen) atoms. The number of carboxylic acids is 1. The maximum Gasteiger partial charge on any atom is 0.341 e. The number of nitrogens with zero attached hydrogens (tertiary/aromatic N) is 3. The number of benzene rings is 3. The van der Waals surface area contributed by atoms with E-state index in [4.69, 9.17) is 24.3 Å². The molecule has 0 aliphatic heterocycles. The largest absolute Gasteiger partial charge is 0.494 e. The van der Waals surface area contributed by atoms with Crippen molar-refractivity contribution in [3.05, 3.63) is 81.6 Å². The number of aryl methyl sites for hydroxylation is 1. The molecular formula is C31H33N3O6. The van der Waals surface area contributed by atoms with Crippen molar-refractivity contribution in [2.24, 2.45) is 5.10 Å². The van der Waals surface area contributed by atoms with Gasteiger partial charge in [0.1, 0.15) is 5.75 Å². The van der Waals surface area contributed by atoms with Crippen LogP contribution in [0.4, 0.5) is 0 Å². The third kappa shape index (κ3) is 6.14. The van der Waals surface area contributed by atoms with Gasteiger partial charge < -0.3 is 19.3 Å². The standard InChI is InChI=1S/C31H33N3O6/c1-6-38-27-14-20(5)24(16-23(27)19(3)4)30-33-25-11-9-8-10-22(25)31(37)34(30)32-17-21-12-13-26(40-18-29(35)36)28(15-21)39-7-2/h8-17,19H,6-7,18H2,1-5H3,(H,35,36). The predicted molar refractivity (Wildman–Crippen MR) is 155 cm³/mol. The lowest BCUT2D eigenvalue weighted by Crippen LogP contribution is -2.21. The van der Waals surface area contributed by atoms with Gasteiger partial charge >= 0.3 is 5.97 Å². The van der Waals surface area contributed by atoms with Crippen molar-refractivity contribution in [2.75, 3.05) is 19.8 Å². The van der Waals surface area contributed by atoms with Gasteiger partial charge in [-0.1, -0.05) is 26.0 Å². The van der Waals surface area contributed by atoms with E-state index in [1.165, 1.54) is 10.9 Å². The molecule has 0 saturated carbocycles. The summed E-state index contributed by atoms with van der Waals surface area (Å²) >= 11 is 0. The first-order chi connectivity index (χ1) is 19.2. The molecule has 1 heterocycles. The van der Waals surface area contributed by atoms with Crippen molar-refractivity contribution < 1.29 is 24.1 Å². The Bertz CT molecular complexity index is 1620. The Balaban J connectivity index is 1.87. The molecule has 0 saturated heterocycles. The number of carboxylic acid groups (broad SMARTS) is 1. The van der Waals surface area contributed by atoms with E-state index in [0.717, 1.165) is 22.4 Å². The zero-order chi connectivity index (χ0) is 28.8. The number of carbonyl (C=O) groups is 1. The van der Waals surface area contributed by atoms with Gasteiger partial charge in [-0.2, -0.15) is 9.78 Å². The first-order valence-corrected chi connectivity index (χ1v) is 13.2. The number of aromatic nitrogens is 2. The maximum absolute atomic E-state index is 13.7. The summed E-state index contributed by atoms with van der Waals surface area (Å²) in [4.78, 5) is 29.5. The maximum atomic E-state index is 13.7. The third-order valence-corrected chi connectivity index (χ3v) is 6.21. The van der Waals surface area contributed by atoms with E-state index in [9.17, 15) is 9.59 Å². The van der Waals surface area contributed by atoms with Crippen LogP contribution in [0.25, 0.3) is 22.3 Å². The van der Waals surface area contributed by atoms with Crippen molar-refractivity contribution >= 4 is 23.1 Å². The van der Waals surface area contributed by atoms with Crippen LogP contribution in [-0.4, -0.2) is 46.8 Å². The average Bonchev–Trinajstić information content (AvgIpc) is 2.92. The van der Waals surface area contributed by atoms with Crippen molar-refractivity contribution in [1.82, 2.24) is 9.66 Å². The van der Waals surface area contributed by atoms with Gasteiger partial charge in [0.05, 0.1) is 30.3 Å². The Morgan fingerprint density at radius 1 is 1.00 bits per heavy atom. The molecule has 0 spiro atoms. The van der Waals surface area contributed by atoms with Crippen LogP contribution in [0.5, 0.6) is 17.2 Å². The molecule has 0 radical (unpaired) electrons. The van der Waals surface area contributed by atoms with E-state index in [1.54, 1.807) is 30.3 Å². The highest BCUT2D eigenvalue weighted by Crippen LogP contribution is 2.34. The van der Waals surface area contributed by atoms with Crippen LogP contribution < -0.4 is 19.8 Å². The van der Waals surface area contributed by atoms with Crippen molar-refractivity contribution in [3.63, 3.8) is 0 Å². The number of aliphatic carboxylic acids is 1. The van der Waals surface area contributed by atoms with E-state index in [0.29, 0.717) is 47.0 Å². The molecule has 0 unspecified atom stereocenters. The summed E-state index contributed by atoms with van der Waals surface area (Å²) in [5.41, 5.74) is 3.59. The topological polar surface area (TPSA) is 112 Å². The molecule has 9 heteroatoms. The van der Waals surface area contributed by atoms with Gasteiger partial charge in [0, 0.05) is 5.56 Å². The highest BCUT2D eigenvalue weighted by molar-refractivity contribution is 5.83. The number of rotatable bonds is 11. The molecule has 0 bridgehead atoms. The van der Waals surface area contributed by atoms with Gasteiger partial charge in [0.15, 0.2) is 23.9 Å². The Morgan fingerprint density at radius 3 is 2.42 bits per heavy atom. The third-order valence-electron chi connectivity index (χ3n) is 6.21.